The summed E-state index contributed by atoms with van der Waals surface area (Å²) in [7, 11) is 3.41. The van der Waals surface area contributed by atoms with Crippen LogP contribution in [0.2, 0.25) is 0 Å². The molecule has 2 heterocycles. The minimum absolute atomic E-state index is 0.140. The van der Waals surface area contributed by atoms with E-state index in [9.17, 15) is 9.59 Å². The number of hydrogen-bond acceptors (Lipinski definition) is 6. The van der Waals surface area contributed by atoms with Gasteiger partial charge in [0, 0.05) is 49.7 Å². The largest absolute Gasteiger partial charge is 0.345 e. The van der Waals surface area contributed by atoms with Gasteiger partial charge < -0.3 is 10.2 Å². The molecule has 0 radical (unpaired) electrons. The maximum atomic E-state index is 13.4. The number of rotatable bonds is 9. The number of carbonyl (C=O) groups is 2. The lowest BCUT2D eigenvalue weighted by Crippen LogP contribution is -2.42. The van der Waals surface area contributed by atoms with Crippen molar-refractivity contribution in [2.45, 2.75) is 19.0 Å². The molecular formula is C27H27N5O2S. The van der Waals surface area contributed by atoms with Gasteiger partial charge in [-0.1, -0.05) is 30.3 Å². The molecule has 0 bridgehead atoms. The van der Waals surface area contributed by atoms with E-state index < -0.39 is 6.04 Å². The van der Waals surface area contributed by atoms with Gasteiger partial charge in [0.05, 0.1) is 17.2 Å². The van der Waals surface area contributed by atoms with Crippen LogP contribution in [0.25, 0.3) is 11.1 Å². The second-order valence-electron chi connectivity index (χ2n) is 8.33. The molecule has 2 N–H and O–H groups in total. The van der Waals surface area contributed by atoms with Gasteiger partial charge in [0.15, 0.2) is 0 Å². The lowest BCUT2D eigenvalue weighted by molar-refractivity contribution is -0.118. The van der Waals surface area contributed by atoms with E-state index in [1.807, 2.05) is 60.0 Å². The minimum Gasteiger partial charge on any atom is -0.345 e. The first kappa shape index (κ1) is 24.3. The zero-order valence-electron chi connectivity index (χ0n) is 19.6. The van der Waals surface area contributed by atoms with E-state index in [0.717, 1.165) is 22.4 Å². The Morgan fingerprint density at radius 3 is 2.46 bits per heavy atom. The van der Waals surface area contributed by atoms with Crippen molar-refractivity contribution in [3.05, 3.63) is 101 Å². The van der Waals surface area contributed by atoms with Crippen molar-refractivity contribution in [3.63, 3.8) is 0 Å². The van der Waals surface area contributed by atoms with Crippen LogP contribution in [-0.2, 0) is 17.8 Å². The van der Waals surface area contributed by atoms with E-state index in [4.69, 9.17) is 0 Å². The number of anilines is 1. The van der Waals surface area contributed by atoms with Crippen LogP contribution in [0.3, 0.4) is 0 Å². The number of hydrogen-bond donors (Lipinski definition) is 2. The molecule has 2 aromatic heterocycles. The number of amides is 2. The van der Waals surface area contributed by atoms with Gasteiger partial charge in [-0.2, -0.15) is 0 Å². The van der Waals surface area contributed by atoms with Crippen LogP contribution in [0.4, 0.5) is 5.69 Å². The number of pyridine rings is 1. The molecule has 0 fully saturated rings. The van der Waals surface area contributed by atoms with Crippen molar-refractivity contribution >= 4 is 28.8 Å². The summed E-state index contributed by atoms with van der Waals surface area (Å²) in [6, 6.07) is 18.6. The molecule has 2 amide bonds. The van der Waals surface area contributed by atoms with Gasteiger partial charge in [-0.25, -0.2) is 4.98 Å². The minimum atomic E-state index is -0.489. The van der Waals surface area contributed by atoms with Crippen molar-refractivity contribution in [2.75, 3.05) is 19.4 Å². The Labute approximate surface area is 208 Å². The zero-order chi connectivity index (χ0) is 24.6. The number of thiazole rings is 1. The van der Waals surface area contributed by atoms with Gasteiger partial charge in [-0.3, -0.25) is 19.9 Å². The predicted octanol–water partition coefficient (Wildman–Crippen LogP) is 4.25. The van der Waals surface area contributed by atoms with Gasteiger partial charge in [-0.15, -0.1) is 11.3 Å². The van der Waals surface area contributed by atoms with Crippen LogP contribution < -0.4 is 10.6 Å². The summed E-state index contributed by atoms with van der Waals surface area (Å²) >= 11 is 1.52. The number of nitrogens with one attached hydrogen (secondary N) is 2. The maximum absolute atomic E-state index is 13.4. The zero-order valence-corrected chi connectivity index (χ0v) is 20.5. The summed E-state index contributed by atoms with van der Waals surface area (Å²) in [6.45, 7) is 0.482. The van der Waals surface area contributed by atoms with Crippen LogP contribution in [0, 0.1) is 0 Å². The molecule has 0 aliphatic heterocycles. The maximum Gasteiger partial charge on any atom is 0.253 e. The highest BCUT2D eigenvalue weighted by Gasteiger charge is 2.20. The van der Waals surface area contributed by atoms with Gasteiger partial charge in [0.2, 0.25) is 5.91 Å². The Bertz CT molecular complexity index is 1260. The summed E-state index contributed by atoms with van der Waals surface area (Å²) in [5.74, 6) is -0.321. The molecule has 0 saturated carbocycles. The van der Waals surface area contributed by atoms with Crippen LogP contribution in [0.1, 0.15) is 21.6 Å². The summed E-state index contributed by atoms with van der Waals surface area (Å²) in [6.07, 6.45) is 3.92. The molecule has 0 spiro atoms. The summed E-state index contributed by atoms with van der Waals surface area (Å²) in [5.41, 5.74) is 6.50. The molecule has 4 aromatic rings. The molecule has 0 aliphatic rings. The van der Waals surface area contributed by atoms with Crippen molar-refractivity contribution in [3.8, 4) is 11.1 Å². The fourth-order valence-electron chi connectivity index (χ4n) is 3.68. The third kappa shape index (κ3) is 6.59. The molecule has 1 atom stereocenters. The summed E-state index contributed by atoms with van der Waals surface area (Å²) < 4.78 is 0. The molecule has 2 aromatic carbocycles. The first-order valence-corrected chi connectivity index (χ1v) is 12.2. The third-order valence-corrected chi connectivity index (χ3v) is 6.11. The fourth-order valence-corrected chi connectivity index (χ4v) is 4.24. The lowest BCUT2D eigenvalue weighted by atomic mass is 10.0. The van der Waals surface area contributed by atoms with Crippen LogP contribution in [0.15, 0.2) is 83.9 Å². The molecule has 8 heteroatoms. The van der Waals surface area contributed by atoms with Crippen LogP contribution >= 0.6 is 11.3 Å². The SMILES string of the molecule is CN(C)C(=O)c1cc(NC(=O)[C@H](Cc2ccccc2)NCc2cscn2)cc(-c2ccncc2)c1. The number of benzene rings is 2. The number of nitrogens with zero attached hydrogens (tertiary/aromatic N) is 3. The van der Waals surface area contributed by atoms with E-state index >= 15 is 0 Å². The normalized spacial score (nSPS) is 11.6. The monoisotopic (exact) mass is 485 g/mol. The van der Waals surface area contributed by atoms with Gasteiger partial charge >= 0.3 is 0 Å². The first-order chi connectivity index (χ1) is 17.0. The number of carbonyl (C=O) groups excluding carboxylic acids is 2. The Hall–Kier alpha value is -3.88. The summed E-state index contributed by atoms with van der Waals surface area (Å²) in [4.78, 5) is 36.1. The van der Waals surface area contributed by atoms with E-state index in [2.05, 4.69) is 20.6 Å². The first-order valence-electron chi connectivity index (χ1n) is 11.2. The van der Waals surface area contributed by atoms with Crippen molar-refractivity contribution in [1.82, 2.24) is 20.2 Å². The smallest absolute Gasteiger partial charge is 0.253 e. The molecule has 35 heavy (non-hydrogen) atoms. The van der Waals surface area contributed by atoms with Crippen molar-refractivity contribution in [1.29, 1.82) is 0 Å². The average molecular weight is 486 g/mol. The highest BCUT2D eigenvalue weighted by Crippen LogP contribution is 2.25. The topological polar surface area (TPSA) is 87.2 Å². The molecule has 0 saturated heterocycles. The Morgan fingerprint density at radius 1 is 1.00 bits per heavy atom. The Kier molecular flexibility index (Phi) is 7.97. The average Bonchev–Trinajstić information content (AvgIpc) is 3.40. The predicted molar refractivity (Wildman–Crippen MR) is 139 cm³/mol. The fraction of sp³-hybridized carbons (Fsp3) is 0.185. The number of aromatic nitrogens is 2. The lowest BCUT2D eigenvalue weighted by Gasteiger charge is -2.19. The van der Waals surface area contributed by atoms with E-state index in [0.29, 0.717) is 24.2 Å². The molecule has 178 valence electrons. The van der Waals surface area contributed by atoms with Gasteiger partial charge in [-0.05, 0) is 53.4 Å². The second-order valence-corrected chi connectivity index (χ2v) is 9.05. The second kappa shape index (κ2) is 11.5. The van der Waals surface area contributed by atoms with Crippen molar-refractivity contribution in [2.24, 2.45) is 0 Å². The highest BCUT2D eigenvalue weighted by atomic mass is 32.1. The van der Waals surface area contributed by atoms with E-state index in [1.165, 1.54) is 16.2 Å². The van der Waals surface area contributed by atoms with Crippen molar-refractivity contribution < 1.29 is 9.59 Å². The molecular weight excluding hydrogens is 458 g/mol. The van der Waals surface area contributed by atoms with E-state index in [1.54, 1.807) is 38.1 Å². The third-order valence-electron chi connectivity index (χ3n) is 5.48. The Balaban J connectivity index is 1.61. The standard InChI is InChI=1S/C27H27N5O2S/c1-32(2)27(34)22-13-21(20-8-10-28-11-9-20)14-23(15-22)31-26(33)25(12-19-6-4-3-5-7-19)29-16-24-17-35-18-30-24/h3-11,13-15,17-18,25,29H,12,16H2,1-2H3,(H,31,33)/t25-/m0/s1. The quantitative estimate of drug-likeness (QED) is 0.370. The molecule has 0 unspecified atom stereocenters. The van der Waals surface area contributed by atoms with Crippen LogP contribution in [-0.4, -0.2) is 46.8 Å². The Morgan fingerprint density at radius 2 is 1.77 bits per heavy atom. The van der Waals surface area contributed by atoms with Gasteiger partial charge in [0.25, 0.3) is 5.91 Å². The summed E-state index contributed by atoms with van der Waals surface area (Å²) in [5, 5.41) is 8.33. The molecule has 0 aliphatic carbocycles. The molecule has 4 rings (SSSR count). The van der Waals surface area contributed by atoms with E-state index in [-0.39, 0.29) is 11.8 Å². The van der Waals surface area contributed by atoms with Crippen LogP contribution in [0.5, 0.6) is 0 Å². The molecule has 7 nitrogen and oxygen atoms in total. The highest BCUT2D eigenvalue weighted by molar-refractivity contribution is 7.07. The van der Waals surface area contributed by atoms with Gasteiger partial charge in [0.1, 0.15) is 0 Å².